The van der Waals surface area contributed by atoms with Gasteiger partial charge in [-0.25, -0.2) is 4.39 Å². The van der Waals surface area contributed by atoms with Gasteiger partial charge in [-0.3, -0.25) is 0 Å². The van der Waals surface area contributed by atoms with Crippen LogP contribution >= 0.6 is 39.1 Å². The van der Waals surface area contributed by atoms with Crippen LogP contribution in [-0.2, 0) is 6.42 Å². The molecule has 0 N–H and O–H groups in total. The summed E-state index contributed by atoms with van der Waals surface area (Å²) in [7, 11) is 0. The molecule has 1 aromatic rings. The van der Waals surface area contributed by atoms with Crippen molar-refractivity contribution in [1.29, 1.82) is 0 Å². The van der Waals surface area contributed by atoms with Crippen LogP contribution in [0, 0.1) is 17.2 Å². The zero-order valence-corrected chi connectivity index (χ0v) is 13.0. The third-order valence-corrected chi connectivity index (χ3v) is 4.97. The maximum absolute atomic E-state index is 13.2. The van der Waals surface area contributed by atoms with Crippen molar-refractivity contribution in [2.75, 3.05) is 11.8 Å². The minimum absolute atomic E-state index is 0.139. The highest BCUT2D eigenvalue weighted by atomic mass is 79.9. The second-order valence-electron chi connectivity index (χ2n) is 4.71. The molecular formula is C13H16BrCl2F. The molecule has 0 aliphatic carbocycles. The first-order chi connectivity index (χ1) is 7.95. The Bertz CT molecular complexity index is 376. The highest BCUT2D eigenvalue weighted by molar-refractivity contribution is 9.10. The zero-order chi connectivity index (χ0) is 13.1. The van der Waals surface area contributed by atoms with Crippen molar-refractivity contribution < 1.29 is 4.39 Å². The smallest absolute Gasteiger partial charge is 0.137 e. The molecule has 0 fully saturated rings. The molecule has 4 heteroatoms. The van der Waals surface area contributed by atoms with Crippen molar-refractivity contribution in [3.8, 4) is 0 Å². The molecule has 0 amide bonds. The second-order valence-corrected chi connectivity index (χ2v) is 6.10. The average molecular weight is 342 g/mol. The number of benzene rings is 1. The van der Waals surface area contributed by atoms with Gasteiger partial charge in [-0.15, -0.1) is 23.2 Å². The van der Waals surface area contributed by atoms with E-state index in [1.165, 1.54) is 6.07 Å². The van der Waals surface area contributed by atoms with Crippen LogP contribution in [0.2, 0.25) is 0 Å². The molecule has 0 aliphatic heterocycles. The molecule has 0 radical (unpaired) electrons. The first kappa shape index (κ1) is 15.3. The van der Waals surface area contributed by atoms with E-state index >= 15 is 0 Å². The van der Waals surface area contributed by atoms with Crippen LogP contribution in [0.3, 0.4) is 0 Å². The van der Waals surface area contributed by atoms with E-state index in [0.717, 1.165) is 12.0 Å². The van der Waals surface area contributed by atoms with Gasteiger partial charge in [0, 0.05) is 17.2 Å². The molecule has 0 spiro atoms. The maximum atomic E-state index is 13.2. The monoisotopic (exact) mass is 340 g/mol. The molecule has 1 aromatic carbocycles. The summed E-state index contributed by atoms with van der Waals surface area (Å²) in [5.41, 5.74) is 0.911. The lowest BCUT2D eigenvalue weighted by molar-refractivity contribution is 0.258. The van der Waals surface area contributed by atoms with Gasteiger partial charge < -0.3 is 0 Å². The maximum Gasteiger partial charge on any atom is 0.137 e. The van der Waals surface area contributed by atoms with Gasteiger partial charge in [0.25, 0.3) is 0 Å². The highest BCUT2D eigenvalue weighted by Crippen LogP contribution is 2.35. The lowest BCUT2D eigenvalue weighted by atomic mass is 9.76. The SMILES string of the molecule is CC(C)C(CCl)(CCl)Cc1ccc(F)c(Br)c1. The molecule has 1 rings (SSSR count). The molecule has 0 unspecified atom stereocenters. The van der Waals surface area contributed by atoms with Crippen LogP contribution < -0.4 is 0 Å². The number of alkyl halides is 2. The largest absolute Gasteiger partial charge is 0.206 e. The Morgan fingerprint density at radius 2 is 1.88 bits per heavy atom. The summed E-state index contributed by atoms with van der Waals surface area (Å²) >= 11 is 15.3. The predicted octanol–water partition coefficient (Wildman–Crippen LogP) is 5.25. The highest BCUT2D eigenvalue weighted by Gasteiger charge is 2.32. The summed E-state index contributed by atoms with van der Waals surface area (Å²) in [6, 6.07) is 5.05. The van der Waals surface area contributed by atoms with Gasteiger partial charge in [0.15, 0.2) is 0 Å². The number of rotatable bonds is 5. The molecular weight excluding hydrogens is 326 g/mol. The topological polar surface area (TPSA) is 0 Å². The van der Waals surface area contributed by atoms with Crippen molar-refractivity contribution in [3.63, 3.8) is 0 Å². The fourth-order valence-corrected chi connectivity index (χ4v) is 3.22. The summed E-state index contributed by atoms with van der Waals surface area (Å²) in [5.74, 6) is 1.13. The molecule has 0 nitrogen and oxygen atoms in total. The third kappa shape index (κ3) is 3.59. The first-order valence-corrected chi connectivity index (χ1v) is 7.37. The Morgan fingerprint density at radius 3 is 2.29 bits per heavy atom. The lowest BCUT2D eigenvalue weighted by Gasteiger charge is -2.34. The Hall–Kier alpha value is 0.210. The molecule has 0 saturated carbocycles. The molecule has 0 aromatic heterocycles. The van der Waals surface area contributed by atoms with Crippen LogP contribution in [0.25, 0.3) is 0 Å². The van der Waals surface area contributed by atoms with Crippen molar-refractivity contribution in [2.45, 2.75) is 20.3 Å². The van der Waals surface area contributed by atoms with Crippen molar-refractivity contribution in [2.24, 2.45) is 11.3 Å². The van der Waals surface area contributed by atoms with Gasteiger partial charge in [0.2, 0.25) is 0 Å². The minimum Gasteiger partial charge on any atom is -0.206 e. The van der Waals surface area contributed by atoms with E-state index in [4.69, 9.17) is 23.2 Å². The van der Waals surface area contributed by atoms with Crippen LogP contribution in [0.5, 0.6) is 0 Å². The number of halogens is 4. The molecule has 96 valence electrons. The Labute approximate surface area is 121 Å². The normalized spacial score (nSPS) is 12.2. The first-order valence-electron chi connectivity index (χ1n) is 5.51. The minimum atomic E-state index is -0.249. The van der Waals surface area contributed by atoms with Crippen molar-refractivity contribution in [3.05, 3.63) is 34.1 Å². The standard InChI is InChI=1S/C13H16BrCl2F/c1-9(2)13(7-15,8-16)6-10-3-4-12(17)11(14)5-10/h3-5,9H,6-8H2,1-2H3. The fraction of sp³-hybridized carbons (Fsp3) is 0.538. The summed E-state index contributed by atoms with van der Waals surface area (Å²) in [6.07, 6.45) is 0.760. The van der Waals surface area contributed by atoms with Gasteiger partial charge in [-0.05, 0) is 46.0 Å². The molecule has 0 saturated heterocycles. The van der Waals surface area contributed by atoms with Gasteiger partial charge in [-0.2, -0.15) is 0 Å². The van der Waals surface area contributed by atoms with E-state index in [2.05, 4.69) is 29.8 Å². The van der Waals surface area contributed by atoms with Gasteiger partial charge in [0.1, 0.15) is 5.82 Å². The molecule has 0 aliphatic rings. The summed E-state index contributed by atoms with van der Waals surface area (Å²) in [6.45, 7) is 4.23. The summed E-state index contributed by atoms with van der Waals surface area (Å²) in [5, 5.41) is 0. The van der Waals surface area contributed by atoms with E-state index in [9.17, 15) is 4.39 Å². The van der Waals surface area contributed by atoms with Crippen LogP contribution in [0.4, 0.5) is 4.39 Å². The Kier molecular flexibility index (Phi) is 5.75. The van der Waals surface area contributed by atoms with Crippen LogP contribution in [0.1, 0.15) is 19.4 Å². The van der Waals surface area contributed by atoms with E-state index in [-0.39, 0.29) is 11.2 Å². The van der Waals surface area contributed by atoms with Gasteiger partial charge in [-0.1, -0.05) is 19.9 Å². The van der Waals surface area contributed by atoms with E-state index in [1.54, 1.807) is 12.1 Å². The molecule has 0 heterocycles. The summed E-state index contributed by atoms with van der Waals surface area (Å²) < 4.78 is 13.6. The Balaban J connectivity index is 2.97. The quantitative estimate of drug-likeness (QED) is 0.641. The number of hydrogen-bond acceptors (Lipinski definition) is 0. The predicted molar refractivity (Wildman–Crippen MR) is 76.5 cm³/mol. The van der Waals surface area contributed by atoms with Crippen molar-refractivity contribution in [1.82, 2.24) is 0 Å². The van der Waals surface area contributed by atoms with Crippen molar-refractivity contribution >= 4 is 39.1 Å². The average Bonchev–Trinajstić information content (AvgIpc) is 2.30. The molecule has 0 atom stereocenters. The van der Waals surface area contributed by atoms with E-state index < -0.39 is 0 Å². The van der Waals surface area contributed by atoms with Crippen LogP contribution in [-0.4, -0.2) is 11.8 Å². The molecule has 17 heavy (non-hydrogen) atoms. The summed E-state index contributed by atoms with van der Waals surface area (Å²) in [4.78, 5) is 0. The van der Waals surface area contributed by atoms with Crippen LogP contribution in [0.15, 0.2) is 22.7 Å². The molecule has 0 bridgehead atoms. The zero-order valence-electron chi connectivity index (χ0n) is 9.94. The van der Waals surface area contributed by atoms with E-state index in [0.29, 0.717) is 22.2 Å². The third-order valence-electron chi connectivity index (χ3n) is 3.30. The Morgan fingerprint density at radius 1 is 1.29 bits per heavy atom. The van der Waals surface area contributed by atoms with Gasteiger partial charge >= 0.3 is 0 Å². The van der Waals surface area contributed by atoms with Gasteiger partial charge in [0.05, 0.1) is 4.47 Å². The lowest BCUT2D eigenvalue weighted by Crippen LogP contribution is -2.34. The number of hydrogen-bond donors (Lipinski definition) is 0. The fourth-order valence-electron chi connectivity index (χ4n) is 1.70. The van der Waals surface area contributed by atoms with E-state index in [1.807, 2.05) is 0 Å². The second kappa shape index (κ2) is 6.40.